The molecule has 18 heavy (non-hydrogen) atoms. The van der Waals surface area contributed by atoms with E-state index in [9.17, 15) is 0 Å². The average molecular weight is 268 g/mol. The SMILES string of the molecule is CC(C)CCN(c1cc(Cl)ncn1)C1CCCC1. The van der Waals surface area contributed by atoms with Crippen molar-refractivity contribution in [2.75, 3.05) is 11.4 Å². The second-order valence-corrected chi connectivity index (χ2v) is 5.90. The van der Waals surface area contributed by atoms with Crippen LogP contribution in [-0.2, 0) is 0 Å². The minimum atomic E-state index is 0.535. The lowest BCUT2D eigenvalue weighted by molar-refractivity contribution is 0.525. The van der Waals surface area contributed by atoms with Gasteiger partial charge in [-0.15, -0.1) is 0 Å². The zero-order chi connectivity index (χ0) is 13.0. The quantitative estimate of drug-likeness (QED) is 0.757. The number of nitrogens with zero attached hydrogens (tertiary/aromatic N) is 3. The molecule has 3 nitrogen and oxygen atoms in total. The van der Waals surface area contributed by atoms with Crippen molar-refractivity contribution in [3.63, 3.8) is 0 Å². The Morgan fingerprint density at radius 1 is 1.33 bits per heavy atom. The van der Waals surface area contributed by atoms with E-state index in [0.717, 1.165) is 12.4 Å². The Labute approximate surface area is 115 Å². The maximum atomic E-state index is 5.98. The molecular weight excluding hydrogens is 246 g/mol. The van der Waals surface area contributed by atoms with Gasteiger partial charge in [-0.3, -0.25) is 0 Å². The standard InChI is InChI=1S/C14H22ClN3/c1-11(2)7-8-18(12-5-3-4-6-12)14-9-13(15)16-10-17-14/h9-12H,3-8H2,1-2H3. The first-order valence-electron chi connectivity index (χ1n) is 6.91. The second-order valence-electron chi connectivity index (χ2n) is 5.51. The third-order valence-corrected chi connectivity index (χ3v) is 3.83. The fraction of sp³-hybridized carbons (Fsp3) is 0.714. The molecule has 1 heterocycles. The Morgan fingerprint density at radius 3 is 2.67 bits per heavy atom. The molecule has 0 spiro atoms. The Hall–Kier alpha value is -0.830. The summed E-state index contributed by atoms with van der Waals surface area (Å²) >= 11 is 5.98. The van der Waals surface area contributed by atoms with Gasteiger partial charge in [-0.2, -0.15) is 0 Å². The first kappa shape index (κ1) is 13.6. The summed E-state index contributed by atoms with van der Waals surface area (Å²) in [5.41, 5.74) is 0. The van der Waals surface area contributed by atoms with Gasteiger partial charge in [0.15, 0.2) is 0 Å². The average Bonchev–Trinajstić information content (AvgIpc) is 2.83. The van der Waals surface area contributed by atoms with Crippen molar-refractivity contribution in [1.82, 2.24) is 9.97 Å². The van der Waals surface area contributed by atoms with Crippen LogP contribution in [0.2, 0.25) is 5.15 Å². The minimum Gasteiger partial charge on any atom is -0.353 e. The zero-order valence-electron chi connectivity index (χ0n) is 11.3. The summed E-state index contributed by atoms with van der Waals surface area (Å²) in [4.78, 5) is 10.8. The molecule has 0 bridgehead atoms. The first-order valence-corrected chi connectivity index (χ1v) is 7.29. The first-order chi connectivity index (χ1) is 8.66. The molecule has 0 atom stereocenters. The van der Waals surface area contributed by atoms with Gasteiger partial charge in [0.2, 0.25) is 0 Å². The van der Waals surface area contributed by atoms with Crippen LogP contribution in [0.4, 0.5) is 5.82 Å². The van der Waals surface area contributed by atoms with E-state index in [1.165, 1.54) is 32.1 Å². The second kappa shape index (κ2) is 6.37. The highest BCUT2D eigenvalue weighted by atomic mass is 35.5. The van der Waals surface area contributed by atoms with Crippen LogP contribution >= 0.6 is 11.6 Å². The van der Waals surface area contributed by atoms with Crippen LogP contribution in [0.15, 0.2) is 12.4 Å². The molecule has 1 aromatic heterocycles. The predicted octanol–water partition coefficient (Wildman–Crippen LogP) is 3.93. The van der Waals surface area contributed by atoms with E-state index in [1.807, 2.05) is 6.07 Å². The number of aromatic nitrogens is 2. The van der Waals surface area contributed by atoms with Gasteiger partial charge in [-0.1, -0.05) is 38.3 Å². The van der Waals surface area contributed by atoms with Crippen molar-refractivity contribution in [3.8, 4) is 0 Å². The van der Waals surface area contributed by atoms with Crippen molar-refractivity contribution in [2.45, 2.75) is 52.0 Å². The molecule has 0 radical (unpaired) electrons. The van der Waals surface area contributed by atoms with Gasteiger partial charge in [-0.25, -0.2) is 9.97 Å². The third-order valence-electron chi connectivity index (χ3n) is 3.63. The van der Waals surface area contributed by atoms with E-state index >= 15 is 0 Å². The molecule has 100 valence electrons. The molecule has 2 rings (SSSR count). The van der Waals surface area contributed by atoms with Gasteiger partial charge in [-0.05, 0) is 25.2 Å². The summed E-state index contributed by atoms with van der Waals surface area (Å²) in [6.07, 6.45) is 7.98. The summed E-state index contributed by atoms with van der Waals surface area (Å²) in [6.45, 7) is 5.59. The maximum Gasteiger partial charge on any atom is 0.134 e. The van der Waals surface area contributed by atoms with Gasteiger partial charge >= 0.3 is 0 Å². The molecule has 0 aromatic carbocycles. The lowest BCUT2D eigenvalue weighted by Gasteiger charge is -2.30. The molecule has 1 saturated carbocycles. The molecule has 1 fully saturated rings. The molecule has 0 unspecified atom stereocenters. The van der Waals surface area contributed by atoms with Crippen LogP contribution in [0.1, 0.15) is 46.0 Å². The summed E-state index contributed by atoms with van der Waals surface area (Å²) < 4.78 is 0. The van der Waals surface area contributed by atoms with E-state index in [4.69, 9.17) is 11.6 Å². The van der Waals surface area contributed by atoms with Crippen molar-refractivity contribution in [1.29, 1.82) is 0 Å². The molecule has 1 aromatic rings. The molecule has 4 heteroatoms. The molecule has 1 aliphatic rings. The largest absolute Gasteiger partial charge is 0.353 e. The number of hydrogen-bond acceptors (Lipinski definition) is 3. The Balaban J connectivity index is 2.12. The zero-order valence-corrected chi connectivity index (χ0v) is 12.0. The molecule has 0 aliphatic heterocycles. The Bertz CT molecular complexity index is 375. The smallest absolute Gasteiger partial charge is 0.134 e. The lowest BCUT2D eigenvalue weighted by Crippen LogP contribution is -2.35. The van der Waals surface area contributed by atoms with Crippen LogP contribution in [0, 0.1) is 5.92 Å². The monoisotopic (exact) mass is 267 g/mol. The minimum absolute atomic E-state index is 0.535. The number of rotatable bonds is 5. The van der Waals surface area contributed by atoms with E-state index in [1.54, 1.807) is 6.33 Å². The fourth-order valence-electron chi connectivity index (χ4n) is 2.58. The highest BCUT2D eigenvalue weighted by Gasteiger charge is 2.23. The third kappa shape index (κ3) is 3.58. The number of halogens is 1. The van der Waals surface area contributed by atoms with Gasteiger partial charge in [0.05, 0.1) is 0 Å². The van der Waals surface area contributed by atoms with Gasteiger partial charge in [0.25, 0.3) is 0 Å². The van der Waals surface area contributed by atoms with Crippen molar-refractivity contribution < 1.29 is 0 Å². The van der Waals surface area contributed by atoms with Crippen LogP contribution in [0.5, 0.6) is 0 Å². The predicted molar refractivity (Wildman–Crippen MR) is 76.1 cm³/mol. The maximum absolute atomic E-state index is 5.98. The van der Waals surface area contributed by atoms with Crippen molar-refractivity contribution in [3.05, 3.63) is 17.5 Å². The van der Waals surface area contributed by atoms with Crippen molar-refractivity contribution in [2.24, 2.45) is 5.92 Å². The molecule has 1 aliphatic carbocycles. The van der Waals surface area contributed by atoms with Crippen molar-refractivity contribution >= 4 is 17.4 Å². The van der Waals surface area contributed by atoms with Gasteiger partial charge < -0.3 is 4.90 Å². The fourth-order valence-corrected chi connectivity index (χ4v) is 2.72. The summed E-state index contributed by atoms with van der Waals surface area (Å²) in [5.74, 6) is 1.70. The number of anilines is 1. The molecule has 0 saturated heterocycles. The summed E-state index contributed by atoms with van der Waals surface area (Å²) in [6, 6.07) is 2.52. The highest BCUT2D eigenvalue weighted by molar-refractivity contribution is 6.29. The normalized spacial score (nSPS) is 16.4. The molecular formula is C14H22ClN3. The Morgan fingerprint density at radius 2 is 2.06 bits per heavy atom. The van der Waals surface area contributed by atoms with E-state index in [2.05, 4.69) is 28.7 Å². The molecule has 0 amide bonds. The van der Waals surface area contributed by atoms with Crippen LogP contribution < -0.4 is 4.90 Å². The lowest BCUT2D eigenvalue weighted by atomic mass is 10.1. The van der Waals surface area contributed by atoms with Crippen LogP contribution in [0.3, 0.4) is 0 Å². The summed E-state index contributed by atoms with van der Waals surface area (Å²) in [7, 11) is 0. The van der Waals surface area contributed by atoms with Gasteiger partial charge in [0.1, 0.15) is 17.3 Å². The van der Waals surface area contributed by atoms with E-state index < -0.39 is 0 Å². The Kier molecular flexibility index (Phi) is 4.81. The summed E-state index contributed by atoms with van der Waals surface area (Å²) in [5, 5.41) is 0.535. The molecule has 0 N–H and O–H groups in total. The van der Waals surface area contributed by atoms with Crippen LogP contribution in [0.25, 0.3) is 0 Å². The van der Waals surface area contributed by atoms with Crippen LogP contribution in [-0.4, -0.2) is 22.6 Å². The van der Waals surface area contributed by atoms with E-state index in [0.29, 0.717) is 17.1 Å². The topological polar surface area (TPSA) is 29.0 Å². The van der Waals surface area contributed by atoms with Gasteiger partial charge in [0, 0.05) is 18.7 Å². The number of hydrogen-bond donors (Lipinski definition) is 0. The highest BCUT2D eigenvalue weighted by Crippen LogP contribution is 2.28. The van der Waals surface area contributed by atoms with E-state index in [-0.39, 0.29) is 0 Å².